The summed E-state index contributed by atoms with van der Waals surface area (Å²) in [6.07, 6.45) is 3.01. The standard InChI is InChI=1S/C13H17FN2O4S/c1-8-6-11(7-12(13(8)14)16(17)18)21(19,20)15-9(2)10-4-3-5-10/h6-7,9-10,15H,3-5H2,1-2H3. The molecule has 0 radical (unpaired) electrons. The van der Waals surface area contributed by atoms with Crippen LogP contribution in [0.3, 0.4) is 0 Å². The monoisotopic (exact) mass is 316 g/mol. The Morgan fingerprint density at radius 3 is 2.52 bits per heavy atom. The second kappa shape index (κ2) is 5.69. The van der Waals surface area contributed by atoms with Crippen molar-refractivity contribution >= 4 is 15.7 Å². The molecule has 0 aliphatic heterocycles. The van der Waals surface area contributed by atoms with E-state index in [4.69, 9.17) is 0 Å². The Bertz CT molecular complexity index is 671. The Balaban J connectivity index is 2.33. The van der Waals surface area contributed by atoms with Crippen LogP contribution in [0.2, 0.25) is 0 Å². The molecule has 1 aliphatic rings. The third-order valence-corrected chi connectivity index (χ3v) is 5.45. The number of nitro groups is 1. The smallest absolute Gasteiger partial charge is 0.258 e. The lowest BCUT2D eigenvalue weighted by molar-refractivity contribution is -0.387. The van der Waals surface area contributed by atoms with E-state index in [0.29, 0.717) is 0 Å². The van der Waals surface area contributed by atoms with Gasteiger partial charge in [0.15, 0.2) is 0 Å². The Hall–Kier alpha value is -1.54. The number of aryl methyl sites for hydroxylation is 1. The number of halogens is 1. The molecule has 0 amide bonds. The molecule has 1 aromatic rings. The van der Waals surface area contributed by atoms with Crippen LogP contribution in [0.25, 0.3) is 0 Å². The molecule has 1 unspecified atom stereocenters. The van der Waals surface area contributed by atoms with Crippen LogP contribution in [0.4, 0.5) is 10.1 Å². The first-order valence-electron chi connectivity index (χ1n) is 6.69. The fourth-order valence-corrected chi connectivity index (χ4v) is 3.77. The highest BCUT2D eigenvalue weighted by molar-refractivity contribution is 7.89. The molecule has 1 fully saturated rings. The fraction of sp³-hybridized carbons (Fsp3) is 0.538. The van der Waals surface area contributed by atoms with Crippen LogP contribution in [0, 0.1) is 28.8 Å². The van der Waals surface area contributed by atoms with E-state index in [0.717, 1.165) is 31.4 Å². The van der Waals surface area contributed by atoms with Crippen LogP contribution in [-0.2, 0) is 10.0 Å². The van der Waals surface area contributed by atoms with E-state index in [1.54, 1.807) is 6.92 Å². The zero-order valence-electron chi connectivity index (χ0n) is 11.8. The van der Waals surface area contributed by atoms with Gasteiger partial charge in [-0.05, 0) is 44.2 Å². The molecule has 21 heavy (non-hydrogen) atoms. The zero-order chi connectivity index (χ0) is 15.8. The van der Waals surface area contributed by atoms with Crippen LogP contribution < -0.4 is 4.72 Å². The summed E-state index contributed by atoms with van der Waals surface area (Å²) < 4.78 is 40.7. The molecule has 0 bridgehead atoms. The molecule has 1 aliphatic carbocycles. The predicted octanol–water partition coefficient (Wildman–Crippen LogP) is 2.51. The molecule has 6 nitrogen and oxygen atoms in total. The summed E-state index contributed by atoms with van der Waals surface area (Å²) in [5.74, 6) is -0.720. The molecule has 8 heteroatoms. The fourth-order valence-electron chi connectivity index (χ4n) is 2.36. The van der Waals surface area contributed by atoms with Crippen LogP contribution in [-0.4, -0.2) is 19.4 Å². The third-order valence-electron chi connectivity index (χ3n) is 3.91. The molecule has 2 rings (SSSR count). The molecule has 1 saturated carbocycles. The minimum Gasteiger partial charge on any atom is -0.258 e. The summed E-state index contributed by atoms with van der Waals surface area (Å²) in [4.78, 5) is 9.59. The number of benzene rings is 1. The highest BCUT2D eigenvalue weighted by Gasteiger charge is 2.29. The number of hydrogen-bond acceptors (Lipinski definition) is 4. The quantitative estimate of drug-likeness (QED) is 0.667. The normalized spacial score (nSPS) is 17.3. The number of sulfonamides is 1. The minimum absolute atomic E-state index is 0.0686. The van der Waals surface area contributed by atoms with Gasteiger partial charge in [0.25, 0.3) is 0 Å². The zero-order valence-corrected chi connectivity index (χ0v) is 12.6. The summed E-state index contributed by atoms with van der Waals surface area (Å²) >= 11 is 0. The highest BCUT2D eigenvalue weighted by atomic mass is 32.2. The van der Waals surface area contributed by atoms with Gasteiger partial charge in [0.2, 0.25) is 15.8 Å². The summed E-state index contributed by atoms with van der Waals surface area (Å²) in [6.45, 7) is 3.07. The summed E-state index contributed by atoms with van der Waals surface area (Å²) in [7, 11) is -3.90. The number of nitrogens with zero attached hydrogens (tertiary/aromatic N) is 1. The lowest BCUT2D eigenvalue weighted by Crippen LogP contribution is -2.40. The summed E-state index contributed by atoms with van der Waals surface area (Å²) in [5, 5.41) is 10.8. The predicted molar refractivity (Wildman–Crippen MR) is 74.9 cm³/mol. The SMILES string of the molecule is Cc1cc(S(=O)(=O)NC(C)C2CCC2)cc([N+](=O)[O-])c1F. The van der Waals surface area contributed by atoms with Crippen LogP contribution in [0.5, 0.6) is 0 Å². The van der Waals surface area contributed by atoms with Crippen molar-refractivity contribution in [3.05, 3.63) is 33.6 Å². The molecule has 116 valence electrons. The molecule has 0 spiro atoms. The van der Waals surface area contributed by atoms with E-state index in [9.17, 15) is 22.9 Å². The Morgan fingerprint density at radius 1 is 1.43 bits per heavy atom. The number of rotatable bonds is 5. The Labute approximate surface area is 122 Å². The third kappa shape index (κ3) is 3.21. The molecule has 0 heterocycles. The molecular formula is C13H17FN2O4S. The maximum atomic E-state index is 13.6. The van der Waals surface area contributed by atoms with Gasteiger partial charge in [-0.3, -0.25) is 10.1 Å². The summed E-state index contributed by atoms with van der Waals surface area (Å²) in [5.41, 5.74) is -0.896. The second-order valence-electron chi connectivity index (χ2n) is 5.43. The molecule has 1 N–H and O–H groups in total. The number of nitro benzene ring substituents is 1. The topological polar surface area (TPSA) is 89.3 Å². The molecular weight excluding hydrogens is 299 g/mol. The first-order chi connectivity index (χ1) is 9.72. The van der Waals surface area contributed by atoms with E-state index in [1.807, 2.05) is 0 Å². The maximum absolute atomic E-state index is 13.6. The van der Waals surface area contributed by atoms with Gasteiger partial charge in [-0.1, -0.05) is 6.42 Å². The number of nitrogens with one attached hydrogen (secondary N) is 1. The van der Waals surface area contributed by atoms with Crippen LogP contribution in [0.1, 0.15) is 31.7 Å². The molecule has 0 saturated heterocycles. The summed E-state index contributed by atoms with van der Waals surface area (Å²) in [6, 6.07) is 1.63. The van der Waals surface area contributed by atoms with Gasteiger partial charge in [0.05, 0.1) is 9.82 Å². The molecule has 0 aromatic heterocycles. The average molecular weight is 316 g/mol. The van der Waals surface area contributed by atoms with Gasteiger partial charge >= 0.3 is 5.69 Å². The van der Waals surface area contributed by atoms with Crippen molar-refractivity contribution in [2.24, 2.45) is 5.92 Å². The van der Waals surface area contributed by atoms with Crippen LogP contribution >= 0.6 is 0 Å². The van der Waals surface area contributed by atoms with Crippen molar-refractivity contribution in [1.29, 1.82) is 0 Å². The lowest BCUT2D eigenvalue weighted by atomic mass is 9.81. The largest absolute Gasteiger partial charge is 0.306 e. The molecule has 1 atom stereocenters. The van der Waals surface area contributed by atoms with Crippen molar-refractivity contribution in [2.75, 3.05) is 0 Å². The van der Waals surface area contributed by atoms with E-state index in [1.165, 1.54) is 6.92 Å². The van der Waals surface area contributed by atoms with Crippen molar-refractivity contribution < 1.29 is 17.7 Å². The maximum Gasteiger partial charge on any atom is 0.306 e. The molecule has 1 aromatic carbocycles. The van der Waals surface area contributed by atoms with Gasteiger partial charge < -0.3 is 0 Å². The van der Waals surface area contributed by atoms with E-state index in [2.05, 4.69) is 4.72 Å². The van der Waals surface area contributed by atoms with Crippen molar-refractivity contribution in [3.8, 4) is 0 Å². The van der Waals surface area contributed by atoms with Gasteiger partial charge in [0, 0.05) is 12.1 Å². The Morgan fingerprint density at radius 2 is 2.05 bits per heavy atom. The highest BCUT2D eigenvalue weighted by Crippen LogP contribution is 2.31. The first kappa shape index (κ1) is 15.8. The van der Waals surface area contributed by atoms with Gasteiger partial charge in [0.1, 0.15) is 0 Å². The van der Waals surface area contributed by atoms with Crippen molar-refractivity contribution in [2.45, 2.75) is 44.0 Å². The Kier molecular flexibility index (Phi) is 4.29. The van der Waals surface area contributed by atoms with Crippen molar-refractivity contribution in [1.82, 2.24) is 4.72 Å². The van der Waals surface area contributed by atoms with Gasteiger partial charge in [-0.25, -0.2) is 13.1 Å². The number of hydrogen-bond donors (Lipinski definition) is 1. The van der Waals surface area contributed by atoms with E-state index < -0.39 is 26.5 Å². The van der Waals surface area contributed by atoms with Gasteiger partial charge in [-0.15, -0.1) is 0 Å². The first-order valence-corrected chi connectivity index (χ1v) is 8.17. The van der Waals surface area contributed by atoms with E-state index in [-0.39, 0.29) is 22.4 Å². The van der Waals surface area contributed by atoms with E-state index >= 15 is 0 Å². The second-order valence-corrected chi connectivity index (χ2v) is 7.15. The lowest BCUT2D eigenvalue weighted by Gasteiger charge is -2.31. The van der Waals surface area contributed by atoms with Gasteiger partial charge in [-0.2, -0.15) is 4.39 Å². The minimum atomic E-state index is -3.90. The average Bonchev–Trinajstić information content (AvgIpc) is 2.28. The van der Waals surface area contributed by atoms with Crippen LogP contribution in [0.15, 0.2) is 17.0 Å². The van der Waals surface area contributed by atoms with Crippen molar-refractivity contribution in [3.63, 3.8) is 0 Å².